The summed E-state index contributed by atoms with van der Waals surface area (Å²) in [6.45, 7) is 3.07. The second-order valence-electron chi connectivity index (χ2n) is 11.0. The number of anilines is 2. The SMILES string of the molecule is Cc1ccsc1NC(=O)NC1N=C(c2ccccc2F)c2ccccc2N(CC(=O)N2CC3CCC(CC3)C2)C1=O. The molecule has 7 rings (SSSR count). The first-order valence-electron chi connectivity index (χ1n) is 14.0. The third kappa shape index (κ3) is 5.61. The summed E-state index contributed by atoms with van der Waals surface area (Å²) in [5.74, 6) is -0.235. The van der Waals surface area contributed by atoms with Crippen molar-refractivity contribution in [1.29, 1.82) is 0 Å². The van der Waals surface area contributed by atoms with Gasteiger partial charge < -0.3 is 10.2 Å². The Morgan fingerprint density at radius 1 is 0.976 bits per heavy atom. The minimum Gasteiger partial charge on any atom is -0.341 e. The van der Waals surface area contributed by atoms with Crippen molar-refractivity contribution in [2.45, 2.75) is 38.8 Å². The van der Waals surface area contributed by atoms with Gasteiger partial charge in [-0.2, -0.15) is 0 Å². The molecule has 3 aromatic rings. The Kier molecular flexibility index (Phi) is 7.57. The molecule has 2 aromatic carbocycles. The summed E-state index contributed by atoms with van der Waals surface area (Å²) in [6.07, 6.45) is 3.13. The highest BCUT2D eigenvalue weighted by Gasteiger charge is 2.37. The lowest BCUT2D eigenvalue weighted by Gasteiger charge is -2.29. The Morgan fingerprint density at radius 3 is 2.29 bits per heavy atom. The number of carbonyl (C=O) groups is 3. The number of amides is 4. The van der Waals surface area contributed by atoms with Crippen LogP contribution in [-0.2, 0) is 9.59 Å². The van der Waals surface area contributed by atoms with Crippen LogP contribution >= 0.6 is 11.3 Å². The average Bonchev–Trinajstić information content (AvgIpc) is 3.13. The molecular formula is C31H32FN5O3S. The van der Waals surface area contributed by atoms with E-state index >= 15 is 4.39 Å². The molecule has 41 heavy (non-hydrogen) atoms. The number of fused-ring (bicyclic) bond motifs is 5. The monoisotopic (exact) mass is 573 g/mol. The van der Waals surface area contributed by atoms with Gasteiger partial charge in [0.1, 0.15) is 12.4 Å². The van der Waals surface area contributed by atoms with Crippen LogP contribution in [0.25, 0.3) is 0 Å². The summed E-state index contributed by atoms with van der Waals surface area (Å²) in [5.41, 5.74) is 2.27. The Morgan fingerprint density at radius 2 is 1.63 bits per heavy atom. The van der Waals surface area contributed by atoms with Crippen molar-refractivity contribution in [3.05, 3.63) is 82.5 Å². The normalized spacial score (nSPS) is 22.0. The smallest absolute Gasteiger partial charge is 0.321 e. The molecule has 4 aliphatic rings. The molecule has 1 saturated carbocycles. The number of aryl methyl sites for hydroxylation is 1. The van der Waals surface area contributed by atoms with Crippen LogP contribution in [0.15, 0.2) is 65.0 Å². The lowest BCUT2D eigenvalue weighted by molar-refractivity contribution is -0.132. The van der Waals surface area contributed by atoms with Gasteiger partial charge in [0, 0.05) is 24.2 Å². The van der Waals surface area contributed by atoms with Gasteiger partial charge in [-0.05, 0) is 79.7 Å². The van der Waals surface area contributed by atoms with E-state index in [4.69, 9.17) is 0 Å². The first-order valence-corrected chi connectivity index (χ1v) is 14.9. The fraction of sp³-hybridized carbons (Fsp3) is 0.355. The molecule has 2 saturated heterocycles. The van der Waals surface area contributed by atoms with Crippen LogP contribution in [0.5, 0.6) is 0 Å². The zero-order chi connectivity index (χ0) is 28.5. The van der Waals surface area contributed by atoms with Gasteiger partial charge >= 0.3 is 6.03 Å². The largest absolute Gasteiger partial charge is 0.341 e. The van der Waals surface area contributed by atoms with Crippen molar-refractivity contribution in [2.24, 2.45) is 16.8 Å². The predicted octanol–water partition coefficient (Wildman–Crippen LogP) is 5.18. The molecular weight excluding hydrogens is 541 g/mol. The number of nitrogens with one attached hydrogen (secondary N) is 2. The molecule has 1 atom stereocenters. The highest BCUT2D eigenvalue weighted by Crippen LogP contribution is 2.34. The zero-order valence-corrected chi connectivity index (χ0v) is 23.6. The molecule has 1 aromatic heterocycles. The van der Waals surface area contributed by atoms with Crippen LogP contribution in [-0.4, -0.2) is 54.3 Å². The van der Waals surface area contributed by atoms with Crippen LogP contribution in [0.2, 0.25) is 0 Å². The number of para-hydroxylation sites is 1. The molecule has 0 radical (unpaired) electrons. The van der Waals surface area contributed by atoms with Gasteiger partial charge in [-0.1, -0.05) is 30.3 Å². The fourth-order valence-corrected chi connectivity index (χ4v) is 6.87. The third-order valence-electron chi connectivity index (χ3n) is 8.26. The molecule has 1 aliphatic carbocycles. The molecule has 3 aliphatic heterocycles. The minimum absolute atomic E-state index is 0.140. The zero-order valence-electron chi connectivity index (χ0n) is 22.8. The average molecular weight is 574 g/mol. The number of thiophene rings is 1. The summed E-state index contributed by atoms with van der Waals surface area (Å²) in [4.78, 5) is 48.8. The van der Waals surface area contributed by atoms with E-state index in [1.54, 1.807) is 42.5 Å². The van der Waals surface area contributed by atoms with Gasteiger partial charge in [0.05, 0.1) is 16.4 Å². The standard InChI is InChI=1S/C31H32FN5O3S/c1-19-14-15-41-29(19)35-31(40)34-28-30(39)37(18-26(38)36-16-20-10-11-21(17-36)13-12-20)25-9-5-3-7-23(25)27(33-28)22-6-2-4-8-24(22)32/h2-9,14-15,20-21,28H,10-13,16-18H2,1H3,(H2,34,35,40). The number of rotatable bonds is 5. The first kappa shape index (κ1) is 27.1. The molecule has 4 heterocycles. The number of halogens is 1. The second-order valence-corrected chi connectivity index (χ2v) is 11.9. The lowest BCUT2D eigenvalue weighted by atomic mass is 9.84. The number of hydrogen-bond donors (Lipinski definition) is 2. The van der Waals surface area contributed by atoms with Crippen molar-refractivity contribution in [3.8, 4) is 0 Å². The molecule has 0 spiro atoms. The molecule has 212 valence electrons. The van der Waals surface area contributed by atoms with Crippen molar-refractivity contribution in [2.75, 3.05) is 29.9 Å². The Bertz CT molecular complexity index is 1500. The van der Waals surface area contributed by atoms with Crippen LogP contribution in [0.3, 0.4) is 0 Å². The van der Waals surface area contributed by atoms with E-state index in [1.807, 2.05) is 23.3 Å². The molecule has 4 amide bonds. The Hall–Kier alpha value is -4.05. The summed E-state index contributed by atoms with van der Waals surface area (Å²) in [7, 11) is 0. The van der Waals surface area contributed by atoms with E-state index in [-0.39, 0.29) is 23.7 Å². The van der Waals surface area contributed by atoms with Crippen molar-refractivity contribution in [3.63, 3.8) is 0 Å². The van der Waals surface area contributed by atoms with E-state index in [9.17, 15) is 14.4 Å². The lowest BCUT2D eigenvalue weighted by Crippen LogP contribution is -2.51. The molecule has 3 fully saturated rings. The maximum atomic E-state index is 15.1. The Labute approximate surface area is 242 Å². The molecule has 1 unspecified atom stereocenters. The van der Waals surface area contributed by atoms with Crippen LogP contribution < -0.4 is 15.5 Å². The third-order valence-corrected chi connectivity index (χ3v) is 9.20. The van der Waals surface area contributed by atoms with E-state index in [1.165, 1.54) is 22.3 Å². The molecule has 8 nitrogen and oxygen atoms in total. The number of carbonyl (C=O) groups excluding carboxylic acids is 3. The maximum absolute atomic E-state index is 15.1. The van der Waals surface area contributed by atoms with Crippen molar-refractivity contribution >= 4 is 45.6 Å². The second kappa shape index (κ2) is 11.4. The number of benzodiazepines with no additional fused rings is 1. The number of benzene rings is 2. The van der Waals surface area contributed by atoms with Crippen molar-refractivity contribution in [1.82, 2.24) is 10.2 Å². The van der Waals surface area contributed by atoms with Gasteiger partial charge in [0.2, 0.25) is 12.1 Å². The summed E-state index contributed by atoms with van der Waals surface area (Å²) < 4.78 is 15.1. The maximum Gasteiger partial charge on any atom is 0.321 e. The molecule has 2 N–H and O–H groups in total. The summed E-state index contributed by atoms with van der Waals surface area (Å²) >= 11 is 1.36. The molecule has 2 bridgehead atoms. The molecule has 10 heteroatoms. The number of nitrogens with zero attached hydrogens (tertiary/aromatic N) is 3. The van der Waals surface area contributed by atoms with Gasteiger partial charge in [0.25, 0.3) is 5.91 Å². The topological polar surface area (TPSA) is 94.1 Å². The fourth-order valence-electron chi connectivity index (χ4n) is 6.05. The van der Waals surface area contributed by atoms with E-state index < -0.39 is 23.9 Å². The first-order chi connectivity index (χ1) is 19.9. The van der Waals surface area contributed by atoms with Crippen LogP contribution in [0, 0.1) is 24.6 Å². The van der Waals surface area contributed by atoms with Crippen LogP contribution in [0.4, 0.5) is 19.9 Å². The minimum atomic E-state index is -1.38. The van der Waals surface area contributed by atoms with Gasteiger partial charge in [0.15, 0.2) is 0 Å². The predicted molar refractivity (Wildman–Crippen MR) is 158 cm³/mol. The van der Waals surface area contributed by atoms with Gasteiger partial charge in [-0.25, -0.2) is 14.2 Å². The summed E-state index contributed by atoms with van der Waals surface area (Å²) in [5, 5.41) is 7.95. The highest BCUT2D eigenvalue weighted by molar-refractivity contribution is 7.14. The number of aliphatic imine (C=N–C) groups is 1. The Balaban J connectivity index is 1.36. The van der Waals surface area contributed by atoms with E-state index in [0.717, 1.165) is 31.2 Å². The van der Waals surface area contributed by atoms with Crippen molar-refractivity contribution < 1.29 is 18.8 Å². The summed E-state index contributed by atoms with van der Waals surface area (Å²) in [6, 6.07) is 14.5. The van der Waals surface area contributed by atoms with Gasteiger partial charge in [-0.3, -0.25) is 19.8 Å². The van der Waals surface area contributed by atoms with E-state index in [2.05, 4.69) is 15.6 Å². The number of urea groups is 1. The van der Waals surface area contributed by atoms with E-state index in [0.29, 0.717) is 41.2 Å². The van der Waals surface area contributed by atoms with Crippen LogP contribution in [0.1, 0.15) is 42.4 Å². The highest BCUT2D eigenvalue weighted by atomic mass is 32.1. The van der Waals surface area contributed by atoms with Gasteiger partial charge in [-0.15, -0.1) is 11.3 Å². The number of hydrogen-bond acceptors (Lipinski definition) is 5. The quantitative estimate of drug-likeness (QED) is 0.441.